The number of carbonyl (C=O) groups is 2. The number of anilines is 1. The molecule has 0 heterocycles. The highest BCUT2D eigenvalue weighted by atomic mass is 35.5. The fraction of sp³-hybridized carbons (Fsp3) is 0.176. The van der Waals surface area contributed by atoms with Crippen molar-refractivity contribution in [3.8, 4) is 0 Å². The summed E-state index contributed by atoms with van der Waals surface area (Å²) in [5, 5.41) is 3.08. The maximum absolute atomic E-state index is 13.4. The van der Waals surface area contributed by atoms with E-state index in [9.17, 15) is 14.0 Å². The molecular formula is C17H15ClFNO3S. The Kier molecular flexibility index (Phi) is 6.63. The summed E-state index contributed by atoms with van der Waals surface area (Å²) < 4.78 is 18.3. The van der Waals surface area contributed by atoms with Crippen molar-refractivity contribution in [1.82, 2.24) is 0 Å². The number of amides is 1. The van der Waals surface area contributed by atoms with Gasteiger partial charge in [-0.05, 0) is 48.9 Å². The molecule has 0 unspecified atom stereocenters. The van der Waals surface area contributed by atoms with E-state index < -0.39 is 24.3 Å². The molecule has 0 aliphatic rings. The first kappa shape index (κ1) is 18.3. The third kappa shape index (κ3) is 5.86. The first-order valence-electron chi connectivity index (χ1n) is 7.04. The van der Waals surface area contributed by atoms with Crippen molar-refractivity contribution < 1.29 is 18.7 Å². The highest BCUT2D eigenvalue weighted by Gasteiger charge is 2.09. The molecule has 2 aromatic carbocycles. The number of rotatable bonds is 6. The van der Waals surface area contributed by atoms with Crippen molar-refractivity contribution in [3.63, 3.8) is 0 Å². The monoisotopic (exact) mass is 367 g/mol. The van der Waals surface area contributed by atoms with E-state index in [2.05, 4.69) is 5.32 Å². The van der Waals surface area contributed by atoms with Crippen molar-refractivity contribution in [1.29, 1.82) is 0 Å². The van der Waals surface area contributed by atoms with Gasteiger partial charge in [-0.25, -0.2) is 4.39 Å². The average Bonchev–Trinajstić information content (AvgIpc) is 2.56. The molecule has 0 spiro atoms. The summed E-state index contributed by atoms with van der Waals surface area (Å²) in [5.74, 6) is -1.37. The van der Waals surface area contributed by atoms with Gasteiger partial charge in [0.2, 0.25) is 0 Å². The summed E-state index contributed by atoms with van der Waals surface area (Å²) in [6.07, 6.45) is 0. The third-order valence-electron chi connectivity index (χ3n) is 2.99. The summed E-state index contributed by atoms with van der Waals surface area (Å²) in [4.78, 5) is 24.2. The third-order valence-corrected chi connectivity index (χ3v) is 4.23. The number of hydrogen-bond acceptors (Lipinski definition) is 4. The van der Waals surface area contributed by atoms with Crippen LogP contribution in [0.25, 0.3) is 0 Å². The number of hydrogen-bond donors (Lipinski definition) is 1. The molecule has 2 rings (SSSR count). The van der Waals surface area contributed by atoms with Gasteiger partial charge in [0.05, 0.1) is 5.75 Å². The van der Waals surface area contributed by atoms with Crippen LogP contribution in [0.3, 0.4) is 0 Å². The lowest BCUT2D eigenvalue weighted by Crippen LogP contribution is -2.21. The van der Waals surface area contributed by atoms with E-state index in [4.69, 9.17) is 16.3 Å². The Morgan fingerprint density at radius 2 is 1.92 bits per heavy atom. The van der Waals surface area contributed by atoms with Crippen molar-refractivity contribution in [2.75, 3.05) is 17.7 Å². The Morgan fingerprint density at radius 1 is 1.21 bits per heavy atom. The Hall–Kier alpha value is -2.05. The zero-order valence-electron chi connectivity index (χ0n) is 12.8. The fourth-order valence-corrected chi connectivity index (χ4v) is 2.55. The molecule has 126 valence electrons. The summed E-state index contributed by atoms with van der Waals surface area (Å²) in [6, 6.07) is 11.4. The van der Waals surface area contributed by atoms with Crippen molar-refractivity contribution in [2.45, 2.75) is 11.8 Å². The molecule has 2 aromatic rings. The van der Waals surface area contributed by atoms with E-state index in [0.29, 0.717) is 16.3 Å². The zero-order valence-corrected chi connectivity index (χ0v) is 14.4. The molecular weight excluding hydrogens is 353 g/mol. The molecule has 0 saturated heterocycles. The van der Waals surface area contributed by atoms with Gasteiger partial charge in [0.25, 0.3) is 5.91 Å². The summed E-state index contributed by atoms with van der Waals surface area (Å²) >= 11 is 7.06. The van der Waals surface area contributed by atoms with E-state index in [-0.39, 0.29) is 5.75 Å². The van der Waals surface area contributed by atoms with Crippen molar-refractivity contribution in [2.24, 2.45) is 0 Å². The van der Waals surface area contributed by atoms with Crippen LogP contribution in [0.5, 0.6) is 0 Å². The molecule has 24 heavy (non-hydrogen) atoms. The van der Waals surface area contributed by atoms with E-state index in [1.165, 1.54) is 17.8 Å². The molecule has 0 aliphatic carbocycles. The van der Waals surface area contributed by atoms with Gasteiger partial charge in [0, 0.05) is 15.6 Å². The van der Waals surface area contributed by atoms with Crippen LogP contribution in [-0.2, 0) is 14.3 Å². The van der Waals surface area contributed by atoms with Gasteiger partial charge < -0.3 is 10.1 Å². The van der Waals surface area contributed by atoms with Crippen LogP contribution >= 0.6 is 23.4 Å². The molecule has 0 aliphatic heterocycles. The van der Waals surface area contributed by atoms with Gasteiger partial charge in [-0.15, -0.1) is 11.8 Å². The number of halogens is 2. The van der Waals surface area contributed by atoms with E-state index in [1.54, 1.807) is 43.3 Å². The normalized spacial score (nSPS) is 10.3. The second-order valence-electron chi connectivity index (χ2n) is 4.92. The lowest BCUT2D eigenvalue weighted by atomic mass is 10.2. The quantitative estimate of drug-likeness (QED) is 0.618. The van der Waals surface area contributed by atoms with Gasteiger partial charge in [0.15, 0.2) is 6.61 Å². The Labute approximate surface area is 148 Å². The Bertz CT molecular complexity index is 737. The highest BCUT2D eigenvalue weighted by molar-refractivity contribution is 8.00. The molecule has 0 bridgehead atoms. The molecule has 0 aromatic heterocycles. The second kappa shape index (κ2) is 8.70. The zero-order chi connectivity index (χ0) is 17.5. The average molecular weight is 368 g/mol. The minimum Gasteiger partial charge on any atom is -0.455 e. The molecule has 4 nitrogen and oxygen atoms in total. The molecule has 0 atom stereocenters. The number of thioether (sulfide) groups is 1. The van der Waals surface area contributed by atoms with Gasteiger partial charge in [-0.3, -0.25) is 9.59 Å². The van der Waals surface area contributed by atoms with Gasteiger partial charge in [-0.2, -0.15) is 0 Å². The van der Waals surface area contributed by atoms with Crippen LogP contribution in [0.2, 0.25) is 5.02 Å². The van der Waals surface area contributed by atoms with Gasteiger partial charge in [0.1, 0.15) is 5.82 Å². The number of aryl methyl sites for hydroxylation is 1. The van der Waals surface area contributed by atoms with Crippen LogP contribution in [0.15, 0.2) is 47.4 Å². The Balaban J connectivity index is 1.73. The maximum Gasteiger partial charge on any atom is 0.316 e. The summed E-state index contributed by atoms with van der Waals surface area (Å²) in [6.45, 7) is 1.20. The van der Waals surface area contributed by atoms with Crippen LogP contribution in [0.1, 0.15) is 5.56 Å². The predicted octanol–water partition coefficient (Wildman–Crippen LogP) is 4.06. The van der Waals surface area contributed by atoms with Crippen LogP contribution < -0.4 is 5.32 Å². The minimum atomic E-state index is -0.525. The molecule has 0 radical (unpaired) electrons. The van der Waals surface area contributed by atoms with E-state index in [0.717, 1.165) is 4.90 Å². The maximum atomic E-state index is 13.4. The Morgan fingerprint density at radius 3 is 2.58 bits per heavy atom. The fourth-order valence-electron chi connectivity index (χ4n) is 1.73. The number of nitrogens with one attached hydrogen (secondary N) is 1. The van der Waals surface area contributed by atoms with Crippen LogP contribution in [0, 0.1) is 12.7 Å². The number of benzene rings is 2. The van der Waals surface area contributed by atoms with Gasteiger partial charge in [-0.1, -0.05) is 17.7 Å². The van der Waals surface area contributed by atoms with Crippen LogP contribution in [0.4, 0.5) is 10.1 Å². The largest absolute Gasteiger partial charge is 0.455 e. The highest BCUT2D eigenvalue weighted by Crippen LogP contribution is 2.20. The minimum absolute atomic E-state index is 0.0775. The summed E-state index contributed by atoms with van der Waals surface area (Å²) in [7, 11) is 0. The number of carbonyl (C=O) groups excluding carboxylic acids is 2. The SMILES string of the molecule is Cc1ccc(NC(=O)COC(=O)CSc2ccc(Cl)cc2)cc1F. The number of esters is 1. The topological polar surface area (TPSA) is 55.4 Å². The smallest absolute Gasteiger partial charge is 0.316 e. The van der Waals surface area contributed by atoms with Gasteiger partial charge >= 0.3 is 5.97 Å². The standard InChI is InChI=1S/C17H15ClFNO3S/c1-11-2-5-13(8-15(11)19)20-16(21)9-23-17(22)10-24-14-6-3-12(18)4-7-14/h2-8H,9-10H2,1H3,(H,20,21). The first-order valence-corrected chi connectivity index (χ1v) is 8.40. The van der Waals surface area contributed by atoms with E-state index >= 15 is 0 Å². The summed E-state index contributed by atoms with van der Waals surface area (Å²) in [5.41, 5.74) is 0.799. The molecule has 1 N–H and O–H groups in total. The van der Waals surface area contributed by atoms with Crippen molar-refractivity contribution in [3.05, 3.63) is 58.9 Å². The molecule has 0 fully saturated rings. The van der Waals surface area contributed by atoms with Crippen LogP contribution in [-0.4, -0.2) is 24.2 Å². The lowest BCUT2D eigenvalue weighted by molar-refractivity contribution is -0.144. The molecule has 1 amide bonds. The first-order chi connectivity index (χ1) is 11.4. The molecule has 7 heteroatoms. The van der Waals surface area contributed by atoms with E-state index in [1.807, 2.05) is 0 Å². The lowest BCUT2D eigenvalue weighted by Gasteiger charge is -2.07. The second-order valence-corrected chi connectivity index (χ2v) is 6.40. The molecule has 0 saturated carbocycles. The number of ether oxygens (including phenoxy) is 1. The predicted molar refractivity (Wildman–Crippen MR) is 92.9 cm³/mol. The van der Waals surface area contributed by atoms with Crippen molar-refractivity contribution >= 4 is 40.9 Å².